The van der Waals surface area contributed by atoms with Crippen LogP contribution in [0, 0.1) is 0 Å². The number of carbonyl (C=O) groups excluding carboxylic acids is 1. The molecule has 0 spiro atoms. The Bertz CT molecular complexity index is 541. The van der Waals surface area contributed by atoms with E-state index in [1.165, 1.54) is 0 Å². The normalized spacial score (nSPS) is 11.9. The van der Waals surface area contributed by atoms with Gasteiger partial charge in [0.15, 0.2) is 0 Å². The van der Waals surface area contributed by atoms with E-state index in [2.05, 4.69) is 0 Å². The van der Waals surface area contributed by atoms with Gasteiger partial charge in [0.1, 0.15) is 12.3 Å². The van der Waals surface area contributed by atoms with E-state index in [-0.39, 0.29) is 6.61 Å². The van der Waals surface area contributed by atoms with Crippen molar-refractivity contribution in [2.75, 3.05) is 0 Å². The summed E-state index contributed by atoms with van der Waals surface area (Å²) in [5.41, 5.74) is 0.0397. The second-order valence-corrected chi connectivity index (χ2v) is 4.26. The second kappa shape index (κ2) is 8.06. The van der Waals surface area contributed by atoms with Crippen molar-refractivity contribution in [2.45, 2.75) is 25.6 Å². The molecule has 0 unspecified atom stereocenters. The van der Waals surface area contributed by atoms with Gasteiger partial charge in [-0.2, -0.15) is 13.2 Å². The third-order valence-electron chi connectivity index (χ3n) is 2.46. The molecule has 1 rings (SSSR count). The predicted molar refractivity (Wildman–Crippen MR) is 70.8 cm³/mol. The van der Waals surface area contributed by atoms with Crippen molar-refractivity contribution in [3.8, 4) is 0 Å². The van der Waals surface area contributed by atoms with Crippen LogP contribution in [0.5, 0.6) is 0 Å². The van der Waals surface area contributed by atoms with Crippen molar-refractivity contribution >= 4 is 12.1 Å². The first kappa shape index (κ1) is 17.5. The van der Waals surface area contributed by atoms with Gasteiger partial charge in [-0.3, -0.25) is 5.32 Å². The zero-order valence-corrected chi connectivity index (χ0v) is 11.4. The second-order valence-electron chi connectivity index (χ2n) is 4.26. The molecule has 0 bridgehead atoms. The number of ether oxygens (including phenoxy) is 1. The van der Waals surface area contributed by atoms with Gasteiger partial charge in [0, 0.05) is 6.42 Å². The minimum Gasteiger partial charge on any atom is -0.477 e. The third-order valence-corrected chi connectivity index (χ3v) is 2.46. The minimum atomic E-state index is -4.39. The number of nitrogens with one attached hydrogen (secondary N) is 1. The van der Waals surface area contributed by atoms with Gasteiger partial charge in [-0.15, -0.1) is 0 Å². The maximum absolute atomic E-state index is 12.0. The van der Waals surface area contributed by atoms with E-state index in [1.807, 2.05) is 5.32 Å². The lowest BCUT2D eigenvalue weighted by Crippen LogP contribution is -2.28. The summed E-state index contributed by atoms with van der Waals surface area (Å²) < 4.78 is 40.7. The molecule has 0 saturated carbocycles. The monoisotopic (exact) mass is 317 g/mol. The molecular formula is C14H14F3NO4. The number of carbonyl (C=O) groups is 2. The summed E-state index contributed by atoms with van der Waals surface area (Å²) in [6.45, 7) is -0.0812. The van der Waals surface area contributed by atoms with E-state index in [0.717, 1.165) is 6.08 Å². The molecule has 0 aliphatic carbocycles. The predicted octanol–water partition coefficient (Wildman–Crippen LogP) is 3.22. The van der Waals surface area contributed by atoms with Crippen molar-refractivity contribution in [1.82, 2.24) is 5.32 Å². The molecule has 0 saturated heterocycles. The van der Waals surface area contributed by atoms with Crippen molar-refractivity contribution in [3.63, 3.8) is 0 Å². The van der Waals surface area contributed by atoms with Gasteiger partial charge in [0.05, 0.1) is 0 Å². The standard InChI is InChI=1S/C14H14F3NO4/c15-14(16,17)8-4-7-11(12(19)20)18-13(21)22-9-10-5-2-1-3-6-10/h1-3,5-7H,4,8-9H2,(H,18,21)(H,19,20)/b11-7-. The third kappa shape index (κ3) is 7.32. The molecule has 0 fully saturated rings. The van der Waals surface area contributed by atoms with Crippen LogP contribution >= 0.6 is 0 Å². The summed E-state index contributed by atoms with van der Waals surface area (Å²) in [7, 11) is 0. The Morgan fingerprint density at radius 3 is 2.41 bits per heavy atom. The number of aliphatic carboxylic acids is 1. The van der Waals surface area contributed by atoms with Crippen molar-refractivity contribution in [3.05, 3.63) is 47.7 Å². The lowest BCUT2D eigenvalue weighted by Gasteiger charge is -2.08. The molecular weight excluding hydrogens is 303 g/mol. The number of alkyl halides is 3. The maximum atomic E-state index is 12.0. The smallest absolute Gasteiger partial charge is 0.412 e. The van der Waals surface area contributed by atoms with Crippen LogP contribution in [0.4, 0.5) is 18.0 Å². The summed E-state index contributed by atoms with van der Waals surface area (Å²) in [5.74, 6) is -1.54. The highest BCUT2D eigenvalue weighted by Crippen LogP contribution is 2.21. The average Bonchev–Trinajstić information content (AvgIpc) is 2.43. The molecule has 0 aromatic heterocycles. The van der Waals surface area contributed by atoms with Crippen molar-refractivity contribution in [1.29, 1.82) is 0 Å². The first-order chi connectivity index (χ1) is 10.3. The van der Waals surface area contributed by atoms with Crippen LogP contribution in [0.15, 0.2) is 42.1 Å². The number of carboxylic acids is 1. The lowest BCUT2D eigenvalue weighted by atomic mass is 10.2. The Morgan fingerprint density at radius 2 is 1.86 bits per heavy atom. The topological polar surface area (TPSA) is 75.6 Å². The molecule has 22 heavy (non-hydrogen) atoms. The van der Waals surface area contributed by atoms with Crippen LogP contribution in [0.2, 0.25) is 0 Å². The molecule has 0 radical (unpaired) electrons. The fourth-order valence-corrected chi connectivity index (χ4v) is 1.44. The number of carboxylic acid groups (broad SMARTS) is 1. The van der Waals surface area contributed by atoms with Crippen LogP contribution in [-0.2, 0) is 16.1 Å². The summed E-state index contributed by atoms with van der Waals surface area (Å²) in [4.78, 5) is 22.3. The minimum absolute atomic E-state index is 0.0812. The number of hydrogen-bond donors (Lipinski definition) is 2. The molecule has 1 amide bonds. The SMILES string of the molecule is O=C(N/C(=C\CCC(F)(F)F)C(=O)O)OCc1ccccc1. The van der Waals surface area contributed by atoms with E-state index in [4.69, 9.17) is 9.84 Å². The van der Waals surface area contributed by atoms with Gasteiger partial charge in [-0.25, -0.2) is 9.59 Å². The zero-order valence-electron chi connectivity index (χ0n) is 11.4. The van der Waals surface area contributed by atoms with Crippen LogP contribution in [-0.4, -0.2) is 23.3 Å². The fourth-order valence-electron chi connectivity index (χ4n) is 1.44. The number of allylic oxidation sites excluding steroid dienone is 1. The Hall–Kier alpha value is -2.51. The van der Waals surface area contributed by atoms with Gasteiger partial charge in [-0.05, 0) is 12.0 Å². The lowest BCUT2D eigenvalue weighted by molar-refractivity contribution is -0.135. The Labute approximate surface area is 124 Å². The van der Waals surface area contributed by atoms with Gasteiger partial charge < -0.3 is 9.84 Å². The molecule has 5 nitrogen and oxygen atoms in total. The Balaban J connectivity index is 2.50. The highest BCUT2D eigenvalue weighted by atomic mass is 19.4. The number of halogens is 3. The average molecular weight is 317 g/mol. The summed E-state index contributed by atoms with van der Waals surface area (Å²) in [5, 5.41) is 10.7. The number of hydrogen-bond acceptors (Lipinski definition) is 3. The Morgan fingerprint density at radius 1 is 1.23 bits per heavy atom. The number of amides is 1. The fraction of sp³-hybridized carbons (Fsp3) is 0.286. The summed E-state index contributed by atoms with van der Waals surface area (Å²) >= 11 is 0. The highest BCUT2D eigenvalue weighted by molar-refractivity contribution is 5.90. The number of alkyl carbamates (subject to hydrolysis) is 1. The number of benzene rings is 1. The quantitative estimate of drug-likeness (QED) is 0.790. The van der Waals surface area contributed by atoms with Gasteiger partial charge >= 0.3 is 18.2 Å². The van der Waals surface area contributed by atoms with Crippen molar-refractivity contribution in [2.24, 2.45) is 0 Å². The van der Waals surface area contributed by atoms with E-state index < -0.39 is 36.8 Å². The van der Waals surface area contributed by atoms with Gasteiger partial charge in [0.2, 0.25) is 0 Å². The maximum Gasteiger partial charge on any atom is 0.412 e. The van der Waals surface area contributed by atoms with E-state index in [9.17, 15) is 22.8 Å². The van der Waals surface area contributed by atoms with Gasteiger partial charge in [0.25, 0.3) is 0 Å². The molecule has 1 aromatic carbocycles. The number of rotatable bonds is 6. The molecule has 8 heteroatoms. The van der Waals surface area contributed by atoms with Crippen LogP contribution < -0.4 is 5.32 Å². The molecule has 1 aromatic rings. The molecule has 0 aliphatic rings. The van der Waals surface area contributed by atoms with E-state index in [0.29, 0.717) is 5.56 Å². The van der Waals surface area contributed by atoms with Crippen LogP contribution in [0.3, 0.4) is 0 Å². The molecule has 0 aliphatic heterocycles. The van der Waals surface area contributed by atoms with Gasteiger partial charge in [-0.1, -0.05) is 36.4 Å². The summed E-state index contributed by atoms with van der Waals surface area (Å²) in [6, 6.07) is 8.64. The van der Waals surface area contributed by atoms with Crippen LogP contribution in [0.25, 0.3) is 0 Å². The summed E-state index contributed by atoms with van der Waals surface area (Å²) in [6.07, 6.45) is -6.38. The van der Waals surface area contributed by atoms with Crippen molar-refractivity contribution < 1.29 is 32.6 Å². The van der Waals surface area contributed by atoms with E-state index >= 15 is 0 Å². The van der Waals surface area contributed by atoms with E-state index in [1.54, 1.807) is 30.3 Å². The zero-order chi connectivity index (χ0) is 16.6. The largest absolute Gasteiger partial charge is 0.477 e. The first-order valence-electron chi connectivity index (χ1n) is 6.26. The Kier molecular flexibility index (Phi) is 6.43. The highest BCUT2D eigenvalue weighted by Gasteiger charge is 2.26. The molecule has 2 N–H and O–H groups in total. The van der Waals surface area contributed by atoms with Crippen LogP contribution in [0.1, 0.15) is 18.4 Å². The molecule has 0 heterocycles. The first-order valence-corrected chi connectivity index (χ1v) is 6.26. The molecule has 0 atom stereocenters. The molecule has 120 valence electrons.